The average molecular weight is 250 g/mol. The van der Waals surface area contributed by atoms with Crippen LogP contribution >= 0.6 is 0 Å². The third-order valence-electron chi connectivity index (χ3n) is 3.29. The number of aliphatic carboxylic acids is 1. The summed E-state index contributed by atoms with van der Waals surface area (Å²) < 4.78 is 5.33. The summed E-state index contributed by atoms with van der Waals surface area (Å²) >= 11 is 0. The van der Waals surface area contributed by atoms with Crippen LogP contribution in [0.4, 0.5) is 0 Å². The van der Waals surface area contributed by atoms with Crippen LogP contribution in [0.25, 0.3) is 0 Å². The maximum absolute atomic E-state index is 10.8. The van der Waals surface area contributed by atoms with Gasteiger partial charge in [0.2, 0.25) is 0 Å². The first-order chi connectivity index (χ1) is 8.56. The van der Waals surface area contributed by atoms with E-state index in [-0.39, 0.29) is 6.42 Å². The van der Waals surface area contributed by atoms with Gasteiger partial charge in [-0.2, -0.15) is 0 Å². The molecule has 1 fully saturated rings. The summed E-state index contributed by atoms with van der Waals surface area (Å²) in [4.78, 5) is 19.6. The summed E-state index contributed by atoms with van der Waals surface area (Å²) in [6.45, 7) is 5.29. The fourth-order valence-corrected chi connectivity index (χ4v) is 2.31. The molecule has 5 nitrogen and oxygen atoms in total. The van der Waals surface area contributed by atoms with E-state index in [0.29, 0.717) is 5.92 Å². The molecular formula is C13H18N2O3. The second-order valence-corrected chi connectivity index (χ2v) is 4.79. The topological polar surface area (TPSA) is 72.3 Å². The SMILES string of the molecule is Cc1nc(CC2CCOC2)nc(C)c1CC(=O)O. The minimum Gasteiger partial charge on any atom is -0.481 e. The molecular weight excluding hydrogens is 232 g/mol. The van der Waals surface area contributed by atoms with Gasteiger partial charge in [0.15, 0.2) is 0 Å². The van der Waals surface area contributed by atoms with Gasteiger partial charge in [0.1, 0.15) is 5.82 Å². The minimum atomic E-state index is -0.846. The van der Waals surface area contributed by atoms with E-state index in [1.165, 1.54) is 0 Å². The molecule has 0 aliphatic carbocycles. The predicted molar refractivity (Wildman–Crippen MR) is 65.5 cm³/mol. The van der Waals surface area contributed by atoms with E-state index in [1.54, 1.807) is 0 Å². The molecule has 1 aromatic rings. The molecule has 98 valence electrons. The molecule has 1 aromatic heterocycles. The second-order valence-electron chi connectivity index (χ2n) is 4.79. The molecule has 5 heteroatoms. The lowest BCUT2D eigenvalue weighted by molar-refractivity contribution is -0.136. The fraction of sp³-hybridized carbons (Fsp3) is 0.615. The first-order valence-electron chi connectivity index (χ1n) is 6.18. The van der Waals surface area contributed by atoms with Gasteiger partial charge in [-0.3, -0.25) is 4.79 Å². The van der Waals surface area contributed by atoms with Gasteiger partial charge >= 0.3 is 5.97 Å². The van der Waals surface area contributed by atoms with Crippen LogP contribution in [0.1, 0.15) is 29.2 Å². The number of nitrogens with zero attached hydrogens (tertiary/aromatic N) is 2. The molecule has 0 radical (unpaired) electrons. The molecule has 1 aliphatic rings. The Hall–Kier alpha value is -1.49. The quantitative estimate of drug-likeness (QED) is 0.872. The fourth-order valence-electron chi connectivity index (χ4n) is 2.31. The Balaban J connectivity index is 2.16. The minimum absolute atomic E-state index is 0.00944. The molecule has 1 atom stereocenters. The van der Waals surface area contributed by atoms with Crippen molar-refractivity contribution in [2.24, 2.45) is 5.92 Å². The number of carboxylic acid groups (broad SMARTS) is 1. The Kier molecular flexibility index (Phi) is 3.91. The second kappa shape index (κ2) is 5.44. The highest BCUT2D eigenvalue weighted by Crippen LogP contribution is 2.18. The number of hydrogen-bond acceptors (Lipinski definition) is 4. The Bertz CT molecular complexity index is 431. The van der Waals surface area contributed by atoms with Crippen LogP contribution in [0, 0.1) is 19.8 Å². The van der Waals surface area contributed by atoms with Crippen LogP contribution < -0.4 is 0 Å². The van der Waals surface area contributed by atoms with Crippen molar-refractivity contribution in [2.45, 2.75) is 33.1 Å². The lowest BCUT2D eigenvalue weighted by Crippen LogP contribution is -2.13. The number of carbonyl (C=O) groups is 1. The van der Waals surface area contributed by atoms with Crippen molar-refractivity contribution in [3.63, 3.8) is 0 Å². The molecule has 0 aromatic carbocycles. The summed E-state index contributed by atoms with van der Waals surface area (Å²) in [6.07, 6.45) is 1.86. The lowest BCUT2D eigenvalue weighted by Gasteiger charge is -2.11. The van der Waals surface area contributed by atoms with Crippen LogP contribution in [0.2, 0.25) is 0 Å². The first-order valence-corrected chi connectivity index (χ1v) is 6.18. The maximum Gasteiger partial charge on any atom is 0.307 e. The average Bonchev–Trinajstić information content (AvgIpc) is 2.76. The molecule has 1 unspecified atom stereocenters. The van der Waals surface area contributed by atoms with E-state index >= 15 is 0 Å². The van der Waals surface area contributed by atoms with Crippen molar-refractivity contribution in [1.29, 1.82) is 0 Å². The molecule has 1 N–H and O–H groups in total. The zero-order valence-electron chi connectivity index (χ0n) is 10.8. The summed E-state index contributed by atoms with van der Waals surface area (Å²) in [5, 5.41) is 8.84. The van der Waals surface area contributed by atoms with Gasteiger partial charge < -0.3 is 9.84 Å². The third-order valence-corrected chi connectivity index (χ3v) is 3.29. The Morgan fingerprint density at radius 1 is 1.39 bits per heavy atom. The number of ether oxygens (including phenoxy) is 1. The zero-order chi connectivity index (χ0) is 13.1. The predicted octanol–water partition coefficient (Wildman–Crippen LogP) is 1.30. The van der Waals surface area contributed by atoms with E-state index < -0.39 is 5.97 Å². The van der Waals surface area contributed by atoms with Crippen LogP contribution in [0.15, 0.2) is 0 Å². The van der Waals surface area contributed by atoms with Crippen LogP contribution in [-0.4, -0.2) is 34.3 Å². The molecule has 1 aliphatic heterocycles. The normalized spacial score (nSPS) is 19.1. The van der Waals surface area contributed by atoms with Gasteiger partial charge in [0.25, 0.3) is 0 Å². The summed E-state index contributed by atoms with van der Waals surface area (Å²) in [7, 11) is 0. The van der Waals surface area contributed by atoms with Gasteiger partial charge in [-0.25, -0.2) is 9.97 Å². The number of hydrogen-bond donors (Lipinski definition) is 1. The number of carboxylic acids is 1. The van der Waals surface area contributed by atoms with Crippen molar-refractivity contribution in [3.8, 4) is 0 Å². The molecule has 2 heterocycles. The molecule has 0 spiro atoms. The molecule has 18 heavy (non-hydrogen) atoms. The Labute approximate surface area is 106 Å². The van der Waals surface area contributed by atoms with E-state index in [0.717, 1.165) is 48.8 Å². The molecule has 2 rings (SSSR count). The smallest absolute Gasteiger partial charge is 0.307 e. The standard InChI is InChI=1S/C13H18N2O3/c1-8-11(6-13(16)17)9(2)15-12(14-8)5-10-3-4-18-7-10/h10H,3-7H2,1-2H3,(H,16,17). The van der Waals surface area contributed by atoms with E-state index in [4.69, 9.17) is 9.84 Å². The maximum atomic E-state index is 10.8. The van der Waals surface area contributed by atoms with Crippen molar-refractivity contribution < 1.29 is 14.6 Å². The van der Waals surface area contributed by atoms with Crippen LogP contribution in [0.3, 0.4) is 0 Å². The van der Waals surface area contributed by atoms with Crippen molar-refractivity contribution in [3.05, 3.63) is 22.8 Å². The summed E-state index contributed by atoms with van der Waals surface area (Å²) in [6, 6.07) is 0. The molecule has 0 amide bonds. The highest BCUT2D eigenvalue weighted by molar-refractivity contribution is 5.70. The number of aromatic nitrogens is 2. The molecule has 1 saturated heterocycles. The number of aryl methyl sites for hydroxylation is 2. The van der Waals surface area contributed by atoms with Gasteiger partial charge in [-0.15, -0.1) is 0 Å². The van der Waals surface area contributed by atoms with E-state index in [1.807, 2.05) is 13.8 Å². The van der Waals surface area contributed by atoms with E-state index in [2.05, 4.69) is 9.97 Å². The van der Waals surface area contributed by atoms with Crippen molar-refractivity contribution >= 4 is 5.97 Å². The van der Waals surface area contributed by atoms with Crippen LogP contribution in [-0.2, 0) is 22.4 Å². The van der Waals surface area contributed by atoms with Gasteiger partial charge in [-0.1, -0.05) is 0 Å². The largest absolute Gasteiger partial charge is 0.481 e. The van der Waals surface area contributed by atoms with Crippen LogP contribution in [0.5, 0.6) is 0 Å². The highest BCUT2D eigenvalue weighted by Gasteiger charge is 2.19. The van der Waals surface area contributed by atoms with Crippen molar-refractivity contribution in [2.75, 3.05) is 13.2 Å². The first kappa shape index (κ1) is 13.0. The Morgan fingerprint density at radius 2 is 2.06 bits per heavy atom. The van der Waals surface area contributed by atoms with Gasteiger partial charge in [0.05, 0.1) is 6.42 Å². The zero-order valence-corrected chi connectivity index (χ0v) is 10.8. The summed E-state index contributed by atoms with van der Waals surface area (Å²) in [5.41, 5.74) is 2.28. The van der Waals surface area contributed by atoms with E-state index in [9.17, 15) is 4.79 Å². The molecule has 0 bridgehead atoms. The molecule has 0 saturated carbocycles. The summed E-state index contributed by atoms with van der Waals surface area (Å²) in [5.74, 6) is 0.450. The number of rotatable bonds is 4. The highest BCUT2D eigenvalue weighted by atomic mass is 16.5. The third kappa shape index (κ3) is 3.04. The monoisotopic (exact) mass is 250 g/mol. The van der Waals surface area contributed by atoms with Gasteiger partial charge in [-0.05, 0) is 26.2 Å². The lowest BCUT2D eigenvalue weighted by atomic mass is 10.0. The van der Waals surface area contributed by atoms with Gasteiger partial charge in [0, 0.05) is 36.6 Å². The van der Waals surface area contributed by atoms with Crippen molar-refractivity contribution in [1.82, 2.24) is 9.97 Å². The Morgan fingerprint density at radius 3 is 2.56 bits per heavy atom.